The van der Waals surface area contributed by atoms with Crippen molar-refractivity contribution in [2.24, 2.45) is 5.73 Å². The molecule has 0 radical (unpaired) electrons. The van der Waals surface area contributed by atoms with Crippen LogP contribution in [-0.2, 0) is 6.54 Å². The van der Waals surface area contributed by atoms with E-state index in [0.717, 1.165) is 25.1 Å². The lowest BCUT2D eigenvalue weighted by atomic mass is 9.90. The standard InChI is InChI=1S/C16H28N2O/c1-6-16(7-2,12-17)18(4)11-14-10-13(3)8-9-15(14)19-5/h8-10H,6-7,11-12,17H2,1-5H3. The molecule has 0 bridgehead atoms. The Labute approximate surface area is 117 Å². The van der Waals surface area contributed by atoms with E-state index >= 15 is 0 Å². The molecule has 1 aromatic rings. The van der Waals surface area contributed by atoms with Gasteiger partial charge in [-0.25, -0.2) is 0 Å². The first-order chi connectivity index (χ1) is 9.02. The second-order valence-corrected chi connectivity index (χ2v) is 5.31. The van der Waals surface area contributed by atoms with Gasteiger partial charge in [0.1, 0.15) is 5.75 Å². The first-order valence-corrected chi connectivity index (χ1v) is 7.07. The van der Waals surface area contributed by atoms with Crippen LogP contribution in [0.15, 0.2) is 18.2 Å². The van der Waals surface area contributed by atoms with E-state index in [2.05, 4.69) is 44.9 Å². The zero-order valence-electron chi connectivity index (χ0n) is 13.0. The normalized spacial score (nSPS) is 11.9. The van der Waals surface area contributed by atoms with Gasteiger partial charge in [-0.1, -0.05) is 31.5 Å². The van der Waals surface area contributed by atoms with Crippen LogP contribution in [0.3, 0.4) is 0 Å². The van der Waals surface area contributed by atoms with Gasteiger partial charge < -0.3 is 10.5 Å². The van der Waals surface area contributed by atoms with Crippen molar-refractivity contribution in [2.75, 3.05) is 20.7 Å². The molecule has 3 heteroatoms. The van der Waals surface area contributed by atoms with E-state index in [9.17, 15) is 0 Å². The summed E-state index contributed by atoms with van der Waals surface area (Å²) >= 11 is 0. The number of aryl methyl sites for hydroxylation is 1. The van der Waals surface area contributed by atoms with E-state index in [1.807, 2.05) is 6.07 Å². The van der Waals surface area contributed by atoms with Crippen molar-refractivity contribution >= 4 is 0 Å². The van der Waals surface area contributed by atoms with Gasteiger partial charge in [-0.15, -0.1) is 0 Å². The molecule has 19 heavy (non-hydrogen) atoms. The largest absolute Gasteiger partial charge is 0.496 e. The molecule has 0 atom stereocenters. The summed E-state index contributed by atoms with van der Waals surface area (Å²) in [6.07, 6.45) is 2.12. The van der Waals surface area contributed by atoms with Gasteiger partial charge in [0.15, 0.2) is 0 Å². The Kier molecular flexibility index (Phi) is 5.83. The quantitative estimate of drug-likeness (QED) is 0.823. The Morgan fingerprint density at radius 3 is 2.37 bits per heavy atom. The molecule has 0 aromatic heterocycles. The van der Waals surface area contributed by atoms with Crippen LogP contribution >= 0.6 is 0 Å². The number of ether oxygens (including phenoxy) is 1. The molecule has 3 nitrogen and oxygen atoms in total. The minimum atomic E-state index is 0.0781. The van der Waals surface area contributed by atoms with Crippen molar-refractivity contribution in [3.63, 3.8) is 0 Å². The van der Waals surface area contributed by atoms with E-state index in [4.69, 9.17) is 10.5 Å². The molecular weight excluding hydrogens is 236 g/mol. The van der Waals surface area contributed by atoms with Gasteiger partial charge in [0.25, 0.3) is 0 Å². The van der Waals surface area contributed by atoms with Gasteiger partial charge in [-0.05, 0) is 32.9 Å². The maximum absolute atomic E-state index is 6.01. The average Bonchev–Trinajstić information content (AvgIpc) is 2.41. The summed E-state index contributed by atoms with van der Waals surface area (Å²) in [5.74, 6) is 0.954. The first-order valence-electron chi connectivity index (χ1n) is 7.07. The molecule has 0 amide bonds. The Balaban J connectivity index is 2.98. The first kappa shape index (κ1) is 16.0. The molecule has 0 heterocycles. The van der Waals surface area contributed by atoms with E-state index in [1.54, 1.807) is 7.11 Å². The molecule has 0 aliphatic heterocycles. The van der Waals surface area contributed by atoms with Crippen molar-refractivity contribution in [2.45, 2.75) is 45.7 Å². The van der Waals surface area contributed by atoms with Crippen LogP contribution in [0.5, 0.6) is 5.75 Å². The number of nitrogens with zero attached hydrogens (tertiary/aromatic N) is 1. The van der Waals surface area contributed by atoms with Gasteiger partial charge in [0.2, 0.25) is 0 Å². The highest BCUT2D eigenvalue weighted by Gasteiger charge is 2.29. The Bertz CT molecular complexity index is 391. The fraction of sp³-hybridized carbons (Fsp3) is 0.625. The summed E-state index contributed by atoms with van der Waals surface area (Å²) in [4.78, 5) is 2.37. The monoisotopic (exact) mass is 264 g/mol. The molecule has 0 unspecified atom stereocenters. The van der Waals surface area contributed by atoms with Gasteiger partial charge in [-0.3, -0.25) is 4.90 Å². The van der Waals surface area contributed by atoms with Gasteiger partial charge >= 0.3 is 0 Å². The summed E-state index contributed by atoms with van der Waals surface area (Å²) in [5, 5.41) is 0. The molecular formula is C16H28N2O. The molecule has 1 rings (SSSR count). The van der Waals surface area contributed by atoms with Crippen LogP contribution in [0.4, 0.5) is 0 Å². The number of nitrogens with two attached hydrogens (primary N) is 1. The predicted molar refractivity (Wildman–Crippen MR) is 81.6 cm³/mol. The second kappa shape index (κ2) is 6.92. The molecule has 0 saturated carbocycles. The Hall–Kier alpha value is -1.06. The van der Waals surface area contributed by atoms with E-state index in [1.165, 1.54) is 11.1 Å². The van der Waals surface area contributed by atoms with E-state index < -0.39 is 0 Å². The molecule has 108 valence electrons. The van der Waals surface area contributed by atoms with Crippen LogP contribution in [-0.4, -0.2) is 31.1 Å². The maximum atomic E-state index is 6.01. The minimum absolute atomic E-state index is 0.0781. The van der Waals surface area contributed by atoms with Crippen molar-refractivity contribution < 1.29 is 4.74 Å². The van der Waals surface area contributed by atoms with Gasteiger partial charge in [-0.2, -0.15) is 0 Å². The van der Waals surface area contributed by atoms with Crippen molar-refractivity contribution in [1.29, 1.82) is 0 Å². The van der Waals surface area contributed by atoms with Crippen LogP contribution in [0.25, 0.3) is 0 Å². The number of methoxy groups -OCH3 is 1. The lowest BCUT2D eigenvalue weighted by molar-refractivity contribution is 0.107. The number of benzene rings is 1. The van der Waals surface area contributed by atoms with Crippen LogP contribution < -0.4 is 10.5 Å². The fourth-order valence-electron chi connectivity index (χ4n) is 2.69. The highest BCUT2D eigenvalue weighted by atomic mass is 16.5. The summed E-state index contributed by atoms with van der Waals surface area (Å²) < 4.78 is 5.46. The van der Waals surface area contributed by atoms with Crippen molar-refractivity contribution in [3.8, 4) is 5.75 Å². The zero-order valence-corrected chi connectivity index (χ0v) is 13.0. The van der Waals surface area contributed by atoms with Crippen LogP contribution in [0, 0.1) is 6.92 Å². The summed E-state index contributed by atoms with van der Waals surface area (Å²) in [7, 11) is 3.88. The average molecular weight is 264 g/mol. The number of hydrogen-bond donors (Lipinski definition) is 1. The minimum Gasteiger partial charge on any atom is -0.496 e. The summed E-state index contributed by atoms with van der Waals surface area (Å²) in [5.41, 5.74) is 8.58. The van der Waals surface area contributed by atoms with E-state index in [0.29, 0.717) is 6.54 Å². The third-order valence-corrected chi connectivity index (χ3v) is 4.35. The highest BCUT2D eigenvalue weighted by Crippen LogP contribution is 2.27. The predicted octanol–water partition coefficient (Wildman–Crippen LogP) is 2.95. The number of rotatable bonds is 7. The highest BCUT2D eigenvalue weighted by molar-refractivity contribution is 5.36. The molecule has 0 aliphatic rings. The Morgan fingerprint density at radius 2 is 1.89 bits per heavy atom. The van der Waals surface area contributed by atoms with Crippen molar-refractivity contribution in [1.82, 2.24) is 4.90 Å². The fourth-order valence-corrected chi connectivity index (χ4v) is 2.69. The lowest BCUT2D eigenvalue weighted by Gasteiger charge is -2.40. The van der Waals surface area contributed by atoms with Crippen LogP contribution in [0.2, 0.25) is 0 Å². The van der Waals surface area contributed by atoms with Crippen LogP contribution in [0.1, 0.15) is 37.8 Å². The Morgan fingerprint density at radius 1 is 1.26 bits per heavy atom. The lowest BCUT2D eigenvalue weighted by Crippen LogP contribution is -2.50. The molecule has 1 aromatic carbocycles. The van der Waals surface area contributed by atoms with E-state index in [-0.39, 0.29) is 5.54 Å². The molecule has 0 aliphatic carbocycles. The topological polar surface area (TPSA) is 38.5 Å². The number of hydrogen-bond acceptors (Lipinski definition) is 3. The number of likely N-dealkylation sites (N-methyl/N-ethyl adjacent to an activating group) is 1. The third-order valence-electron chi connectivity index (χ3n) is 4.35. The second-order valence-electron chi connectivity index (χ2n) is 5.31. The summed E-state index contributed by atoms with van der Waals surface area (Å²) in [6, 6.07) is 6.32. The zero-order chi connectivity index (χ0) is 14.5. The van der Waals surface area contributed by atoms with Gasteiger partial charge in [0, 0.05) is 24.2 Å². The molecule has 0 fully saturated rings. The molecule has 2 N–H and O–H groups in total. The molecule has 0 saturated heterocycles. The summed E-state index contributed by atoms with van der Waals surface area (Å²) in [6.45, 7) is 8.08. The third kappa shape index (κ3) is 3.48. The maximum Gasteiger partial charge on any atom is 0.123 e. The molecule has 0 spiro atoms. The SMILES string of the molecule is CCC(CC)(CN)N(C)Cc1cc(C)ccc1OC. The van der Waals surface area contributed by atoms with Crippen molar-refractivity contribution in [3.05, 3.63) is 29.3 Å². The van der Waals surface area contributed by atoms with Gasteiger partial charge in [0.05, 0.1) is 7.11 Å². The smallest absolute Gasteiger partial charge is 0.123 e.